The summed E-state index contributed by atoms with van der Waals surface area (Å²) in [6, 6.07) is 0. The number of nitrogens with zero attached hydrogens (tertiary/aromatic N) is 1. The van der Waals surface area contributed by atoms with Gasteiger partial charge in [0.05, 0.1) is 20.6 Å². The van der Waals surface area contributed by atoms with Crippen LogP contribution < -0.4 is 0 Å². The molecule has 0 saturated carbocycles. The topological polar surface area (TPSA) is 111 Å². The Bertz CT molecular complexity index is 416. The van der Waals surface area contributed by atoms with Gasteiger partial charge in [0, 0.05) is 6.08 Å². The minimum atomic E-state index is -4.03. The third-order valence-corrected chi connectivity index (χ3v) is 4.14. The Morgan fingerprint density at radius 2 is 1.95 bits per heavy atom. The van der Waals surface area contributed by atoms with E-state index < -0.39 is 21.3 Å². The van der Waals surface area contributed by atoms with E-state index in [4.69, 9.17) is 9.29 Å². The van der Waals surface area contributed by atoms with Crippen molar-refractivity contribution in [3.8, 4) is 0 Å². The molecular formula is C12H25NO6S. The molecule has 0 radical (unpaired) electrons. The summed E-state index contributed by atoms with van der Waals surface area (Å²) in [6.45, 7) is 4.40. The number of quaternary nitrogens is 1. The van der Waals surface area contributed by atoms with Crippen molar-refractivity contribution >= 4 is 16.1 Å². The molecule has 2 N–H and O–H groups in total. The monoisotopic (exact) mass is 311 g/mol. The lowest BCUT2D eigenvalue weighted by atomic mass is 10.3. The molecule has 0 spiro atoms. The molecule has 1 atom stereocenters. The van der Waals surface area contributed by atoms with Crippen LogP contribution in [-0.2, 0) is 19.6 Å². The highest BCUT2D eigenvalue weighted by Crippen LogP contribution is 2.10. The van der Waals surface area contributed by atoms with Gasteiger partial charge in [-0.25, -0.2) is 4.79 Å². The second kappa shape index (κ2) is 9.06. The first-order valence-corrected chi connectivity index (χ1v) is 7.70. The SMILES string of the molecule is CC=CC(=O)OCC[N+](C)(C)CC(CC)S(=O)(=O)O.[OH-]. The molecule has 0 aliphatic heterocycles. The van der Waals surface area contributed by atoms with Crippen molar-refractivity contribution in [1.29, 1.82) is 0 Å². The van der Waals surface area contributed by atoms with Crippen LogP contribution in [0.15, 0.2) is 12.2 Å². The minimum Gasteiger partial charge on any atom is -0.870 e. The molecule has 120 valence electrons. The molecule has 0 aromatic carbocycles. The van der Waals surface area contributed by atoms with Crippen LogP contribution in [0.3, 0.4) is 0 Å². The van der Waals surface area contributed by atoms with Crippen LogP contribution in [0, 0.1) is 0 Å². The Balaban J connectivity index is 0. The van der Waals surface area contributed by atoms with E-state index in [1.807, 2.05) is 14.1 Å². The fraction of sp³-hybridized carbons (Fsp3) is 0.750. The maximum absolute atomic E-state index is 11.2. The third kappa shape index (κ3) is 9.03. The fourth-order valence-electron chi connectivity index (χ4n) is 1.65. The average molecular weight is 311 g/mol. The van der Waals surface area contributed by atoms with E-state index in [9.17, 15) is 13.2 Å². The summed E-state index contributed by atoms with van der Waals surface area (Å²) in [4.78, 5) is 11.1. The molecule has 7 nitrogen and oxygen atoms in total. The first-order chi connectivity index (χ1) is 8.62. The predicted molar refractivity (Wildman–Crippen MR) is 75.2 cm³/mol. The Morgan fingerprint density at radius 1 is 1.40 bits per heavy atom. The highest BCUT2D eigenvalue weighted by Gasteiger charge is 2.29. The smallest absolute Gasteiger partial charge is 0.330 e. The molecule has 20 heavy (non-hydrogen) atoms. The van der Waals surface area contributed by atoms with E-state index in [0.717, 1.165) is 0 Å². The van der Waals surface area contributed by atoms with Crippen LogP contribution >= 0.6 is 0 Å². The van der Waals surface area contributed by atoms with E-state index in [0.29, 0.717) is 17.4 Å². The number of rotatable bonds is 8. The number of ether oxygens (including phenoxy) is 1. The summed E-state index contributed by atoms with van der Waals surface area (Å²) in [5.74, 6) is -0.413. The Labute approximate surface area is 120 Å². The lowest BCUT2D eigenvalue weighted by molar-refractivity contribution is -0.890. The van der Waals surface area contributed by atoms with Gasteiger partial charge in [-0.15, -0.1) is 0 Å². The lowest BCUT2D eigenvalue weighted by Gasteiger charge is -2.31. The zero-order valence-corrected chi connectivity index (χ0v) is 13.3. The van der Waals surface area contributed by atoms with Gasteiger partial charge in [-0.3, -0.25) is 4.55 Å². The second-order valence-corrected chi connectivity index (χ2v) is 6.75. The van der Waals surface area contributed by atoms with Gasteiger partial charge in [0.25, 0.3) is 10.1 Å². The predicted octanol–water partition coefficient (Wildman–Crippen LogP) is 0.672. The van der Waals surface area contributed by atoms with Crippen molar-refractivity contribution in [3.63, 3.8) is 0 Å². The zero-order valence-electron chi connectivity index (χ0n) is 12.4. The maximum Gasteiger partial charge on any atom is 0.330 e. The van der Waals surface area contributed by atoms with Crippen LogP contribution in [0.1, 0.15) is 20.3 Å². The van der Waals surface area contributed by atoms with Crippen molar-refractivity contribution in [1.82, 2.24) is 0 Å². The molecule has 0 aliphatic rings. The molecule has 0 aromatic heterocycles. The van der Waals surface area contributed by atoms with Gasteiger partial charge in [0.1, 0.15) is 18.4 Å². The molecule has 0 rings (SSSR count). The van der Waals surface area contributed by atoms with Crippen LogP contribution in [0.5, 0.6) is 0 Å². The normalized spacial score (nSPS) is 13.8. The molecule has 8 heteroatoms. The van der Waals surface area contributed by atoms with E-state index in [-0.39, 0.29) is 18.6 Å². The van der Waals surface area contributed by atoms with Crippen molar-refractivity contribution < 1.29 is 32.5 Å². The lowest BCUT2D eigenvalue weighted by Crippen LogP contribution is -2.49. The van der Waals surface area contributed by atoms with Crippen molar-refractivity contribution in [2.45, 2.75) is 25.5 Å². The molecular weight excluding hydrogens is 286 g/mol. The van der Waals surface area contributed by atoms with Crippen LogP contribution in [0.4, 0.5) is 0 Å². The highest BCUT2D eigenvalue weighted by molar-refractivity contribution is 7.86. The molecule has 0 amide bonds. The Hall–Kier alpha value is -0.960. The molecule has 0 aromatic rings. The van der Waals surface area contributed by atoms with Gasteiger partial charge in [-0.1, -0.05) is 13.0 Å². The molecule has 1 unspecified atom stereocenters. The van der Waals surface area contributed by atoms with Crippen molar-refractivity contribution in [2.24, 2.45) is 0 Å². The zero-order chi connectivity index (χ0) is 15.1. The van der Waals surface area contributed by atoms with E-state index in [1.165, 1.54) is 6.08 Å². The maximum atomic E-state index is 11.2. The number of allylic oxidation sites excluding steroid dienone is 1. The van der Waals surface area contributed by atoms with E-state index in [2.05, 4.69) is 0 Å². The molecule has 0 aliphatic carbocycles. The summed E-state index contributed by atoms with van der Waals surface area (Å²) in [7, 11) is -0.371. The summed E-state index contributed by atoms with van der Waals surface area (Å²) in [5.41, 5.74) is 0. The minimum absolute atomic E-state index is 0. The number of esters is 1. The number of hydrogen-bond donors (Lipinski definition) is 1. The van der Waals surface area contributed by atoms with Gasteiger partial charge < -0.3 is 14.7 Å². The first-order valence-electron chi connectivity index (χ1n) is 6.20. The first kappa shape index (κ1) is 21.3. The standard InChI is InChI=1S/C12H23NO5S.H2O/c1-5-7-12(14)18-9-8-13(3,4)10-11(6-2)19(15,16)17;/h5,7,11H,6,8-10H2,1-4H3;1H2. The van der Waals surface area contributed by atoms with Gasteiger partial charge in [-0.05, 0) is 13.3 Å². The fourth-order valence-corrected chi connectivity index (χ4v) is 2.67. The Kier molecular flexibility index (Phi) is 9.67. The Morgan fingerprint density at radius 3 is 2.35 bits per heavy atom. The summed E-state index contributed by atoms with van der Waals surface area (Å²) in [5, 5.41) is -0.797. The molecule has 0 heterocycles. The van der Waals surface area contributed by atoms with E-state index in [1.54, 1.807) is 19.9 Å². The molecule has 0 fully saturated rings. The van der Waals surface area contributed by atoms with Gasteiger partial charge in [0.15, 0.2) is 0 Å². The van der Waals surface area contributed by atoms with Crippen molar-refractivity contribution in [3.05, 3.63) is 12.2 Å². The molecule has 0 saturated heterocycles. The van der Waals surface area contributed by atoms with Gasteiger partial charge in [0.2, 0.25) is 0 Å². The van der Waals surface area contributed by atoms with Crippen LogP contribution in [0.25, 0.3) is 0 Å². The van der Waals surface area contributed by atoms with Crippen molar-refractivity contribution in [2.75, 3.05) is 33.8 Å². The summed E-state index contributed by atoms with van der Waals surface area (Å²) < 4.78 is 36.7. The summed E-state index contributed by atoms with van der Waals surface area (Å²) in [6.07, 6.45) is 3.26. The van der Waals surface area contributed by atoms with Crippen LogP contribution in [-0.4, -0.2) is 67.9 Å². The number of carbonyl (C=O) groups excluding carboxylic acids is 1. The summed E-state index contributed by atoms with van der Waals surface area (Å²) >= 11 is 0. The quantitative estimate of drug-likeness (QED) is 0.305. The second-order valence-electron chi connectivity index (χ2n) is 5.05. The average Bonchev–Trinajstić information content (AvgIpc) is 2.24. The van der Waals surface area contributed by atoms with E-state index >= 15 is 0 Å². The number of likely N-dealkylation sites (N-methyl/N-ethyl adjacent to an activating group) is 1. The number of hydrogen-bond acceptors (Lipinski definition) is 5. The third-order valence-electron chi connectivity index (χ3n) is 2.82. The van der Waals surface area contributed by atoms with Gasteiger partial charge >= 0.3 is 5.97 Å². The largest absolute Gasteiger partial charge is 0.870 e. The van der Waals surface area contributed by atoms with Crippen LogP contribution in [0.2, 0.25) is 0 Å². The van der Waals surface area contributed by atoms with Gasteiger partial charge in [-0.2, -0.15) is 8.42 Å². The highest BCUT2D eigenvalue weighted by atomic mass is 32.2. The molecule has 0 bridgehead atoms. The number of carbonyl (C=O) groups is 1.